The normalized spacial score (nSPS) is 12.5. The van der Waals surface area contributed by atoms with Gasteiger partial charge in [-0.1, -0.05) is 45.4 Å². The van der Waals surface area contributed by atoms with E-state index in [9.17, 15) is 4.79 Å². The van der Waals surface area contributed by atoms with Gasteiger partial charge in [0.1, 0.15) is 5.52 Å². The van der Waals surface area contributed by atoms with Gasteiger partial charge in [-0.15, -0.1) is 0 Å². The highest BCUT2D eigenvalue weighted by molar-refractivity contribution is 9.09. The SMILES string of the molecule is O=C1c2ccccc2-c2onc3ccc(NCCBr)c1c23. The maximum atomic E-state index is 12.9. The molecule has 4 nitrogen and oxygen atoms in total. The number of fused-ring (bicyclic) bond motifs is 2. The second-order valence-electron chi connectivity index (χ2n) is 4.88. The molecule has 0 saturated heterocycles. The summed E-state index contributed by atoms with van der Waals surface area (Å²) in [7, 11) is 0. The van der Waals surface area contributed by atoms with Crippen LogP contribution in [0.15, 0.2) is 40.9 Å². The second kappa shape index (κ2) is 4.70. The van der Waals surface area contributed by atoms with Crippen molar-refractivity contribution < 1.29 is 9.32 Å². The van der Waals surface area contributed by atoms with Crippen molar-refractivity contribution in [3.8, 4) is 11.3 Å². The van der Waals surface area contributed by atoms with E-state index in [1.54, 1.807) is 0 Å². The molecule has 0 fully saturated rings. The fourth-order valence-electron chi connectivity index (χ4n) is 2.80. The molecule has 2 aromatic carbocycles. The summed E-state index contributed by atoms with van der Waals surface area (Å²) < 4.78 is 5.49. The van der Waals surface area contributed by atoms with E-state index in [2.05, 4.69) is 26.4 Å². The fraction of sp³-hybridized carbons (Fsp3) is 0.125. The molecule has 1 aliphatic carbocycles. The first-order chi connectivity index (χ1) is 10.3. The predicted molar refractivity (Wildman–Crippen MR) is 85.2 cm³/mol. The van der Waals surface area contributed by atoms with E-state index in [0.717, 1.165) is 28.5 Å². The number of anilines is 1. The maximum absolute atomic E-state index is 12.9. The van der Waals surface area contributed by atoms with Crippen LogP contribution in [0.3, 0.4) is 0 Å². The molecule has 0 saturated carbocycles. The minimum absolute atomic E-state index is 0.0176. The van der Waals surface area contributed by atoms with E-state index in [1.165, 1.54) is 0 Å². The number of aromatic nitrogens is 1. The van der Waals surface area contributed by atoms with Gasteiger partial charge < -0.3 is 9.84 Å². The number of hydrogen-bond acceptors (Lipinski definition) is 4. The molecule has 1 N–H and O–H groups in total. The molecule has 104 valence electrons. The minimum atomic E-state index is 0.0176. The summed E-state index contributed by atoms with van der Waals surface area (Å²) >= 11 is 3.39. The lowest BCUT2D eigenvalue weighted by Gasteiger charge is -2.17. The van der Waals surface area contributed by atoms with Gasteiger partial charge in [0, 0.05) is 28.7 Å². The van der Waals surface area contributed by atoms with Gasteiger partial charge in [-0.3, -0.25) is 4.79 Å². The molecular weight excluding hydrogens is 332 g/mol. The van der Waals surface area contributed by atoms with E-state index in [0.29, 0.717) is 22.4 Å². The number of carbonyl (C=O) groups is 1. The van der Waals surface area contributed by atoms with Crippen LogP contribution in [0.4, 0.5) is 5.69 Å². The Labute approximate surface area is 129 Å². The van der Waals surface area contributed by atoms with Crippen LogP contribution in [0.25, 0.3) is 22.2 Å². The Morgan fingerprint density at radius 2 is 1.95 bits per heavy atom. The molecular formula is C16H11BrN2O2. The van der Waals surface area contributed by atoms with Gasteiger partial charge in [0.25, 0.3) is 0 Å². The van der Waals surface area contributed by atoms with Crippen molar-refractivity contribution in [2.45, 2.75) is 0 Å². The molecule has 1 aliphatic rings. The Kier molecular flexibility index (Phi) is 2.82. The summed E-state index contributed by atoms with van der Waals surface area (Å²) in [6, 6.07) is 11.3. The van der Waals surface area contributed by atoms with Gasteiger partial charge in [0.15, 0.2) is 11.5 Å². The van der Waals surface area contributed by atoms with E-state index in [-0.39, 0.29) is 5.78 Å². The lowest BCUT2D eigenvalue weighted by molar-refractivity contribution is 0.104. The van der Waals surface area contributed by atoms with Crippen LogP contribution in [-0.2, 0) is 0 Å². The summed E-state index contributed by atoms with van der Waals surface area (Å²) in [5.41, 5.74) is 3.67. The zero-order valence-electron chi connectivity index (χ0n) is 11.0. The van der Waals surface area contributed by atoms with Crippen molar-refractivity contribution in [1.82, 2.24) is 5.16 Å². The highest BCUT2D eigenvalue weighted by Crippen LogP contribution is 2.41. The first kappa shape index (κ1) is 12.6. The van der Waals surface area contributed by atoms with Crippen molar-refractivity contribution in [1.29, 1.82) is 0 Å². The number of hydrogen-bond donors (Lipinski definition) is 1. The quantitative estimate of drug-likeness (QED) is 0.574. The van der Waals surface area contributed by atoms with Crippen LogP contribution < -0.4 is 5.32 Å². The molecule has 3 aromatic rings. The zero-order chi connectivity index (χ0) is 14.4. The zero-order valence-corrected chi connectivity index (χ0v) is 12.6. The highest BCUT2D eigenvalue weighted by atomic mass is 79.9. The predicted octanol–water partition coefficient (Wildman–Crippen LogP) is 3.85. The average molecular weight is 343 g/mol. The van der Waals surface area contributed by atoms with Crippen LogP contribution in [0.2, 0.25) is 0 Å². The largest absolute Gasteiger partial charge is 0.384 e. The average Bonchev–Trinajstić information content (AvgIpc) is 2.95. The van der Waals surface area contributed by atoms with Crippen LogP contribution >= 0.6 is 15.9 Å². The molecule has 0 amide bonds. The number of ketones is 1. The van der Waals surface area contributed by atoms with Crippen LogP contribution in [0, 0.1) is 0 Å². The molecule has 21 heavy (non-hydrogen) atoms. The Bertz CT molecular complexity index is 870. The van der Waals surface area contributed by atoms with Crippen molar-refractivity contribution in [2.24, 2.45) is 0 Å². The van der Waals surface area contributed by atoms with Crippen LogP contribution in [-0.4, -0.2) is 22.8 Å². The van der Waals surface area contributed by atoms with Gasteiger partial charge in [-0.2, -0.15) is 0 Å². The lowest BCUT2D eigenvalue weighted by atomic mass is 9.87. The summed E-state index contributed by atoms with van der Waals surface area (Å²) in [6.45, 7) is 0.744. The smallest absolute Gasteiger partial charge is 0.196 e. The number of carbonyl (C=O) groups excluding carboxylic acids is 1. The van der Waals surface area contributed by atoms with Gasteiger partial charge in [0.05, 0.1) is 10.9 Å². The molecule has 0 radical (unpaired) electrons. The number of alkyl halides is 1. The summed E-state index contributed by atoms with van der Waals surface area (Å²) in [5, 5.41) is 8.98. The number of nitrogens with zero attached hydrogens (tertiary/aromatic N) is 1. The Balaban J connectivity index is 2.05. The summed E-state index contributed by atoms with van der Waals surface area (Å²) in [4.78, 5) is 12.9. The van der Waals surface area contributed by atoms with Gasteiger partial charge in [-0.05, 0) is 12.1 Å². The molecule has 0 spiro atoms. The number of halogens is 1. The van der Waals surface area contributed by atoms with Gasteiger partial charge in [-0.25, -0.2) is 0 Å². The lowest BCUT2D eigenvalue weighted by Crippen LogP contribution is -2.13. The molecule has 4 rings (SSSR count). The molecule has 0 atom stereocenters. The summed E-state index contributed by atoms with van der Waals surface area (Å²) in [5.74, 6) is 0.696. The first-order valence-electron chi connectivity index (χ1n) is 6.67. The third-order valence-corrected chi connectivity index (χ3v) is 4.10. The number of nitrogens with one attached hydrogen (secondary N) is 1. The third-order valence-electron chi connectivity index (χ3n) is 3.70. The topological polar surface area (TPSA) is 55.1 Å². The maximum Gasteiger partial charge on any atom is 0.196 e. The van der Waals surface area contributed by atoms with E-state index in [1.807, 2.05) is 36.4 Å². The molecule has 0 aliphatic heterocycles. The minimum Gasteiger partial charge on any atom is -0.384 e. The third kappa shape index (κ3) is 1.74. The van der Waals surface area contributed by atoms with E-state index in [4.69, 9.17) is 4.52 Å². The summed E-state index contributed by atoms with van der Waals surface area (Å²) in [6.07, 6.45) is 0. The van der Waals surface area contributed by atoms with Crippen LogP contribution in [0.1, 0.15) is 15.9 Å². The highest BCUT2D eigenvalue weighted by Gasteiger charge is 2.30. The van der Waals surface area contributed by atoms with Gasteiger partial charge >= 0.3 is 0 Å². The van der Waals surface area contributed by atoms with Crippen LogP contribution in [0.5, 0.6) is 0 Å². The molecule has 5 heteroatoms. The number of benzene rings is 2. The fourth-order valence-corrected chi connectivity index (χ4v) is 3.00. The van der Waals surface area contributed by atoms with Crippen molar-refractivity contribution in [3.05, 3.63) is 47.5 Å². The standard InChI is InChI=1S/C16H11BrN2O2/c17-7-8-18-11-5-6-12-14-13(11)15(20)9-3-1-2-4-10(9)16(14)21-19-12/h1-6,18H,7-8H2. The van der Waals surface area contributed by atoms with Crippen molar-refractivity contribution in [2.75, 3.05) is 17.2 Å². The first-order valence-corrected chi connectivity index (χ1v) is 7.79. The van der Waals surface area contributed by atoms with Gasteiger partial charge in [0.2, 0.25) is 0 Å². The molecule has 0 unspecified atom stereocenters. The van der Waals surface area contributed by atoms with Crippen molar-refractivity contribution >= 4 is 38.3 Å². The van der Waals surface area contributed by atoms with E-state index >= 15 is 0 Å². The monoisotopic (exact) mass is 342 g/mol. The second-order valence-corrected chi connectivity index (χ2v) is 5.68. The van der Waals surface area contributed by atoms with Crippen molar-refractivity contribution in [3.63, 3.8) is 0 Å². The Morgan fingerprint density at radius 1 is 1.14 bits per heavy atom. The molecule has 0 bridgehead atoms. The molecule has 1 heterocycles. The Morgan fingerprint density at radius 3 is 2.76 bits per heavy atom. The van der Waals surface area contributed by atoms with E-state index < -0.39 is 0 Å². The number of rotatable bonds is 3. The molecule has 1 aromatic heterocycles. The Hall–Kier alpha value is -2.14.